The third-order valence-electron chi connectivity index (χ3n) is 4.05. The van der Waals surface area contributed by atoms with Gasteiger partial charge in [-0.05, 0) is 51.2 Å². The van der Waals surface area contributed by atoms with Gasteiger partial charge in [-0.3, -0.25) is 4.31 Å². The van der Waals surface area contributed by atoms with Crippen molar-refractivity contribution in [1.29, 1.82) is 0 Å². The summed E-state index contributed by atoms with van der Waals surface area (Å²) in [5, 5.41) is 0. The van der Waals surface area contributed by atoms with Gasteiger partial charge in [-0.2, -0.15) is 0 Å². The van der Waals surface area contributed by atoms with Crippen LogP contribution in [0, 0.1) is 6.92 Å². The Hall–Kier alpha value is -1.37. The van der Waals surface area contributed by atoms with Crippen LogP contribution in [-0.4, -0.2) is 34.0 Å². The maximum absolute atomic E-state index is 13.0. The Balaban J connectivity index is 2.08. The fourth-order valence-electron chi connectivity index (χ4n) is 2.96. The Morgan fingerprint density at radius 3 is 2.55 bits per heavy atom. The minimum Gasteiger partial charge on any atom is -0.302 e. The van der Waals surface area contributed by atoms with Gasteiger partial charge in [0.15, 0.2) is 0 Å². The van der Waals surface area contributed by atoms with Crippen molar-refractivity contribution in [3.63, 3.8) is 0 Å². The smallest absolute Gasteiger partial charge is 0.273 e. The summed E-state index contributed by atoms with van der Waals surface area (Å²) in [4.78, 5) is 3.16. The van der Waals surface area contributed by atoms with Crippen molar-refractivity contribution < 1.29 is 8.42 Å². The number of thiophene rings is 1. The van der Waals surface area contributed by atoms with E-state index in [9.17, 15) is 8.42 Å². The van der Waals surface area contributed by atoms with Crippen LogP contribution < -0.4 is 4.31 Å². The maximum atomic E-state index is 13.0. The van der Waals surface area contributed by atoms with Crippen LogP contribution in [0.3, 0.4) is 0 Å². The average molecular weight is 336 g/mol. The Kier molecular flexibility index (Phi) is 4.01. The largest absolute Gasteiger partial charge is 0.302 e. The second-order valence-corrected chi connectivity index (χ2v) is 9.15. The molecule has 118 valence electrons. The first-order valence-corrected chi connectivity index (χ1v) is 9.51. The molecule has 1 aliphatic heterocycles. The molecule has 0 bridgehead atoms. The lowest BCUT2D eigenvalue weighted by atomic mass is 9.97. The van der Waals surface area contributed by atoms with Crippen molar-refractivity contribution >= 4 is 27.0 Å². The lowest BCUT2D eigenvalue weighted by Gasteiger charge is -2.37. The van der Waals surface area contributed by atoms with Crippen LogP contribution in [-0.2, 0) is 10.0 Å². The maximum Gasteiger partial charge on any atom is 0.273 e. The summed E-state index contributed by atoms with van der Waals surface area (Å²) in [5.74, 6) is 0. The lowest BCUT2D eigenvalue weighted by Crippen LogP contribution is -2.39. The van der Waals surface area contributed by atoms with Crippen molar-refractivity contribution in [3.8, 4) is 0 Å². The Bertz CT molecular complexity index is 781. The summed E-state index contributed by atoms with van der Waals surface area (Å²) in [5.41, 5.74) is 1.88. The van der Waals surface area contributed by atoms with E-state index < -0.39 is 10.0 Å². The zero-order chi connectivity index (χ0) is 15.9. The van der Waals surface area contributed by atoms with E-state index in [-0.39, 0.29) is 6.04 Å². The zero-order valence-corrected chi connectivity index (χ0v) is 14.6. The highest BCUT2D eigenvalue weighted by Crippen LogP contribution is 2.39. The summed E-state index contributed by atoms with van der Waals surface area (Å²) in [6.45, 7) is 2.44. The molecule has 0 spiro atoms. The monoisotopic (exact) mass is 336 g/mol. The predicted octanol–water partition coefficient (Wildman–Crippen LogP) is 3.26. The molecule has 1 atom stereocenters. The number of anilines is 1. The zero-order valence-electron chi connectivity index (χ0n) is 13.0. The van der Waals surface area contributed by atoms with Crippen LogP contribution in [0.5, 0.6) is 0 Å². The molecule has 1 aromatic carbocycles. The Morgan fingerprint density at radius 1 is 1.18 bits per heavy atom. The molecule has 1 unspecified atom stereocenters. The molecule has 22 heavy (non-hydrogen) atoms. The fraction of sp³-hybridized carbons (Fsp3) is 0.375. The standard InChI is InChI=1S/C16H20N2O2S2/c1-12-8-9-16(21-12)22(19,20)18-11-10-14(17(2)3)13-6-4-5-7-15(13)18/h4-9,14H,10-11H2,1-3H3. The molecular formula is C16H20N2O2S2. The van der Waals surface area contributed by atoms with E-state index in [1.54, 1.807) is 10.4 Å². The van der Waals surface area contributed by atoms with Crippen molar-refractivity contribution in [1.82, 2.24) is 4.90 Å². The van der Waals surface area contributed by atoms with Crippen molar-refractivity contribution in [3.05, 3.63) is 46.8 Å². The van der Waals surface area contributed by atoms with Crippen LogP contribution in [0.1, 0.15) is 22.9 Å². The molecule has 0 aliphatic carbocycles. The van der Waals surface area contributed by atoms with E-state index in [2.05, 4.69) is 4.90 Å². The molecule has 0 saturated heterocycles. The number of para-hydroxylation sites is 1. The van der Waals surface area contributed by atoms with Crippen LogP contribution >= 0.6 is 11.3 Å². The predicted molar refractivity (Wildman–Crippen MR) is 91.1 cm³/mol. The molecule has 6 heteroatoms. The quantitative estimate of drug-likeness (QED) is 0.864. The first-order valence-electron chi connectivity index (χ1n) is 7.26. The molecule has 0 amide bonds. The molecule has 0 saturated carbocycles. The highest BCUT2D eigenvalue weighted by molar-refractivity contribution is 7.94. The van der Waals surface area contributed by atoms with Gasteiger partial charge in [0.05, 0.1) is 5.69 Å². The third-order valence-corrected chi connectivity index (χ3v) is 7.33. The molecule has 3 rings (SSSR count). The van der Waals surface area contributed by atoms with Crippen molar-refractivity contribution in [2.75, 3.05) is 24.9 Å². The van der Waals surface area contributed by atoms with E-state index in [1.165, 1.54) is 11.3 Å². The summed E-state index contributed by atoms with van der Waals surface area (Å²) >= 11 is 1.33. The van der Waals surface area contributed by atoms with Gasteiger partial charge in [0.1, 0.15) is 4.21 Å². The molecule has 0 N–H and O–H groups in total. The molecule has 2 aromatic rings. The normalized spacial score (nSPS) is 18.5. The number of benzene rings is 1. The number of sulfonamides is 1. The summed E-state index contributed by atoms with van der Waals surface area (Å²) in [6, 6.07) is 11.6. The Labute approximate surface area is 136 Å². The average Bonchev–Trinajstić information content (AvgIpc) is 2.93. The second-order valence-electron chi connectivity index (χ2n) is 5.77. The molecular weight excluding hydrogens is 316 g/mol. The minimum atomic E-state index is -3.47. The summed E-state index contributed by atoms with van der Waals surface area (Å²) in [7, 11) is 0.601. The van der Waals surface area contributed by atoms with Gasteiger partial charge in [0.25, 0.3) is 10.0 Å². The van der Waals surface area contributed by atoms with E-state index in [0.29, 0.717) is 10.8 Å². The van der Waals surface area contributed by atoms with Crippen LogP contribution in [0.15, 0.2) is 40.6 Å². The topological polar surface area (TPSA) is 40.6 Å². The highest BCUT2D eigenvalue weighted by Gasteiger charge is 2.34. The van der Waals surface area contributed by atoms with Gasteiger partial charge in [-0.1, -0.05) is 18.2 Å². The highest BCUT2D eigenvalue weighted by atomic mass is 32.2. The number of hydrogen-bond donors (Lipinski definition) is 0. The van der Waals surface area contributed by atoms with Crippen molar-refractivity contribution in [2.45, 2.75) is 23.6 Å². The van der Waals surface area contributed by atoms with Crippen LogP contribution in [0.2, 0.25) is 0 Å². The number of nitrogens with zero attached hydrogens (tertiary/aromatic N) is 2. The molecule has 2 heterocycles. The van der Waals surface area contributed by atoms with Gasteiger partial charge >= 0.3 is 0 Å². The third kappa shape index (κ3) is 2.55. The first kappa shape index (κ1) is 15.5. The van der Waals surface area contributed by atoms with Crippen LogP contribution in [0.25, 0.3) is 0 Å². The molecule has 0 fully saturated rings. The van der Waals surface area contributed by atoms with E-state index >= 15 is 0 Å². The summed E-state index contributed by atoms with van der Waals surface area (Å²) < 4.78 is 27.9. The van der Waals surface area contributed by atoms with Gasteiger partial charge in [0, 0.05) is 17.5 Å². The lowest BCUT2D eigenvalue weighted by molar-refractivity contribution is 0.281. The van der Waals surface area contributed by atoms with E-state index in [4.69, 9.17) is 0 Å². The van der Waals surface area contributed by atoms with E-state index in [1.807, 2.05) is 51.4 Å². The molecule has 1 aliphatic rings. The van der Waals surface area contributed by atoms with E-state index in [0.717, 1.165) is 22.5 Å². The fourth-order valence-corrected chi connectivity index (χ4v) is 5.86. The number of aryl methyl sites for hydroxylation is 1. The van der Waals surface area contributed by atoms with Gasteiger partial charge in [0.2, 0.25) is 0 Å². The van der Waals surface area contributed by atoms with Crippen LogP contribution in [0.4, 0.5) is 5.69 Å². The molecule has 1 aromatic heterocycles. The van der Waals surface area contributed by atoms with Gasteiger partial charge < -0.3 is 4.90 Å². The number of fused-ring (bicyclic) bond motifs is 1. The van der Waals surface area contributed by atoms with Crippen molar-refractivity contribution in [2.24, 2.45) is 0 Å². The summed E-state index contributed by atoms with van der Waals surface area (Å²) in [6.07, 6.45) is 0.799. The van der Waals surface area contributed by atoms with Gasteiger partial charge in [-0.15, -0.1) is 11.3 Å². The number of hydrogen-bond acceptors (Lipinski definition) is 4. The number of rotatable bonds is 3. The SMILES string of the molecule is Cc1ccc(S(=O)(=O)N2CCC(N(C)C)c3ccccc32)s1. The molecule has 0 radical (unpaired) electrons. The minimum absolute atomic E-state index is 0.257. The second kappa shape index (κ2) is 5.68. The van der Waals surface area contributed by atoms with Gasteiger partial charge in [-0.25, -0.2) is 8.42 Å². The Morgan fingerprint density at radius 2 is 1.91 bits per heavy atom. The molecule has 4 nitrogen and oxygen atoms in total. The first-order chi connectivity index (χ1) is 10.4.